The van der Waals surface area contributed by atoms with E-state index in [2.05, 4.69) is 22.7 Å². The number of hydrogen-bond donors (Lipinski definition) is 1. The molecule has 102 valence electrons. The molecule has 3 heterocycles. The lowest BCUT2D eigenvalue weighted by Gasteiger charge is -1.93. The van der Waals surface area contributed by atoms with Crippen molar-refractivity contribution in [2.24, 2.45) is 0 Å². The van der Waals surface area contributed by atoms with Crippen molar-refractivity contribution in [3.8, 4) is 21.1 Å². The van der Waals surface area contributed by atoms with Crippen molar-refractivity contribution >= 4 is 40.0 Å². The number of thiazole rings is 1. The van der Waals surface area contributed by atoms with E-state index >= 15 is 0 Å². The maximum Gasteiger partial charge on any atom is 0.308 e. The summed E-state index contributed by atoms with van der Waals surface area (Å²) >= 11 is 4.80. The lowest BCUT2D eigenvalue weighted by atomic mass is 10.2. The summed E-state index contributed by atoms with van der Waals surface area (Å²) in [6.07, 6.45) is 0.0747. The van der Waals surface area contributed by atoms with Crippen molar-refractivity contribution < 1.29 is 9.90 Å². The van der Waals surface area contributed by atoms with Gasteiger partial charge in [0.2, 0.25) is 0 Å². The molecule has 0 aromatic carbocycles. The van der Waals surface area contributed by atoms with Gasteiger partial charge in [0.1, 0.15) is 5.01 Å². The summed E-state index contributed by atoms with van der Waals surface area (Å²) in [6.45, 7) is 2.09. The summed E-state index contributed by atoms with van der Waals surface area (Å²) in [5.41, 5.74) is 3.36. The van der Waals surface area contributed by atoms with E-state index in [1.54, 1.807) is 22.7 Å². The van der Waals surface area contributed by atoms with Crippen LogP contribution in [-0.4, -0.2) is 16.1 Å². The Morgan fingerprint density at radius 3 is 2.85 bits per heavy atom. The number of hydrogen-bond acceptors (Lipinski definition) is 5. The van der Waals surface area contributed by atoms with E-state index in [4.69, 9.17) is 5.11 Å². The quantitative estimate of drug-likeness (QED) is 0.767. The number of carbonyl (C=O) groups is 1. The minimum atomic E-state index is -0.800. The molecule has 0 saturated heterocycles. The SMILES string of the molecule is Cc1cscc1-c1nc(-c2ccc(CC(=O)O)s2)cs1. The van der Waals surface area contributed by atoms with Crippen molar-refractivity contribution in [2.45, 2.75) is 13.3 Å². The number of carboxylic acids is 1. The Kier molecular flexibility index (Phi) is 3.69. The molecule has 20 heavy (non-hydrogen) atoms. The molecule has 0 fully saturated rings. The Balaban J connectivity index is 1.88. The van der Waals surface area contributed by atoms with Crippen LogP contribution in [0.2, 0.25) is 0 Å². The number of aliphatic carboxylic acids is 1. The fourth-order valence-corrected chi connectivity index (χ4v) is 4.69. The second kappa shape index (κ2) is 5.47. The first kappa shape index (κ1) is 13.5. The highest BCUT2D eigenvalue weighted by atomic mass is 32.1. The van der Waals surface area contributed by atoms with E-state index in [-0.39, 0.29) is 6.42 Å². The largest absolute Gasteiger partial charge is 0.481 e. The zero-order chi connectivity index (χ0) is 14.1. The minimum Gasteiger partial charge on any atom is -0.481 e. The molecule has 0 unspecified atom stereocenters. The van der Waals surface area contributed by atoms with E-state index in [1.807, 2.05) is 17.5 Å². The number of nitrogens with zero attached hydrogens (tertiary/aromatic N) is 1. The molecule has 0 aliphatic carbocycles. The summed E-state index contributed by atoms with van der Waals surface area (Å²) in [6, 6.07) is 3.81. The molecule has 0 aliphatic heterocycles. The maximum absolute atomic E-state index is 10.7. The third-order valence-corrected chi connectivity index (χ3v) is 5.67. The van der Waals surface area contributed by atoms with Crippen LogP contribution in [0.4, 0.5) is 0 Å². The van der Waals surface area contributed by atoms with E-state index in [0.717, 1.165) is 20.5 Å². The highest BCUT2D eigenvalue weighted by Gasteiger charge is 2.12. The fraction of sp³-hybridized carbons (Fsp3) is 0.143. The van der Waals surface area contributed by atoms with Crippen LogP contribution in [0.25, 0.3) is 21.1 Å². The van der Waals surface area contributed by atoms with Crippen LogP contribution in [0.1, 0.15) is 10.4 Å². The van der Waals surface area contributed by atoms with Gasteiger partial charge in [0.15, 0.2) is 0 Å². The smallest absolute Gasteiger partial charge is 0.308 e. The molecule has 1 N–H and O–H groups in total. The van der Waals surface area contributed by atoms with Crippen molar-refractivity contribution in [1.29, 1.82) is 0 Å². The molecule has 3 rings (SSSR count). The van der Waals surface area contributed by atoms with E-state index in [9.17, 15) is 4.79 Å². The molecular weight excluding hydrogens is 310 g/mol. The molecule has 0 saturated carbocycles. The summed E-state index contributed by atoms with van der Waals surface area (Å²) < 4.78 is 0. The first-order valence-electron chi connectivity index (χ1n) is 5.93. The summed E-state index contributed by atoms with van der Waals surface area (Å²) in [5.74, 6) is -0.800. The third-order valence-electron chi connectivity index (χ3n) is 2.83. The zero-order valence-corrected chi connectivity index (χ0v) is 13.1. The topological polar surface area (TPSA) is 50.2 Å². The highest BCUT2D eigenvalue weighted by molar-refractivity contribution is 7.17. The Labute approximate surface area is 128 Å². The van der Waals surface area contributed by atoms with Gasteiger partial charge in [-0.3, -0.25) is 4.79 Å². The number of carboxylic acid groups (broad SMARTS) is 1. The lowest BCUT2D eigenvalue weighted by Crippen LogP contribution is -1.96. The molecule has 0 amide bonds. The minimum absolute atomic E-state index is 0.0747. The second-order valence-corrected chi connectivity index (χ2v) is 7.11. The summed E-state index contributed by atoms with van der Waals surface area (Å²) in [5, 5.41) is 16.1. The predicted molar refractivity (Wildman–Crippen MR) is 84.8 cm³/mol. The van der Waals surface area contributed by atoms with Gasteiger partial charge in [-0.05, 0) is 30.0 Å². The summed E-state index contributed by atoms with van der Waals surface area (Å²) in [7, 11) is 0. The monoisotopic (exact) mass is 321 g/mol. The maximum atomic E-state index is 10.7. The van der Waals surface area contributed by atoms with Crippen LogP contribution in [-0.2, 0) is 11.2 Å². The van der Waals surface area contributed by atoms with Crippen LogP contribution >= 0.6 is 34.0 Å². The van der Waals surface area contributed by atoms with Gasteiger partial charge in [-0.1, -0.05) is 0 Å². The Bertz CT molecular complexity index is 754. The lowest BCUT2D eigenvalue weighted by molar-refractivity contribution is -0.136. The van der Waals surface area contributed by atoms with Crippen molar-refractivity contribution in [3.05, 3.63) is 38.7 Å². The third kappa shape index (κ3) is 2.67. The Morgan fingerprint density at radius 1 is 1.30 bits per heavy atom. The molecule has 0 radical (unpaired) electrons. The highest BCUT2D eigenvalue weighted by Crippen LogP contribution is 2.35. The number of aromatic nitrogens is 1. The van der Waals surface area contributed by atoms with Crippen molar-refractivity contribution in [1.82, 2.24) is 4.98 Å². The van der Waals surface area contributed by atoms with Crippen LogP contribution in [0, 0.1) is 6.92 Å². The molecule has 3 aromatic rings. The average molecular weight is 321 g/mol. The predicted octanol–water partition coefficient (Wildman–Crippen LogP) is 4.54. The van der Waals surface area contributed by atoms with E-state index in [1.165, 1.54) is 22.5 Å². The van der Waals surface area contributed by atoms with Crippen LogP contribution in [0.5, 0.6) is 0 Å². The van der Waals surface area contributed by atoms with Crippen molar-refractivity contribution in [3.63, 3.8) is 0 Å². The molecule has 0 bridgehead atoms. The molecular formula is C14H11NO2S3. The Hall–Kier alpha value is -1.50. The van der Waals surface area contributed by atoms with Crippen LogP contribution in [0.3, 0.4) is 0 Å². The van der Waals surface area contributed by atoms with E-state index in [0.29, 0.717) is 0 Å². The van der Waals surface area contributed by atoms with Gasteiger partial charge in [-0.25, -0.2) is 4.98 Å². The van der Waals surface area contributed by atoms with Gasteiger partial charge in [-0.15, -0.1) is 22.7 Å². The number of thiophene rings is 2. The Morgan fingerprint density at radius 2 is 2.15 bits per heavy atom. The molecule has 0 aliphatic rings. The van der Waals surface area contributed by atoms with Crippen LogP contribution in [0.15, 0.2) is 28.3 Å². The molecule has 0 spiro atoms. The van der Waals surface area contributed by atoms with Gasteiger partial charge in [-0.2, -0.15) is 11.3 Å². The standard InChI is InChI=1S/C14H11NO2S3/c1-8-5-18-6-10(8)14-15-11(7-19-14)12-3-2-9(20-12)4-13(16)17/h2-3,5-7H,4H2,1H3,(H,16,17). The van der Waals surface area contributed by atoms with Gasteiger partial charge in [0.25, 0.3) is 0 Å². The molecule has 3 aromatic heterocycles. The first-order chi connectivity index (χ1) is 9.63. The summed E-state index contributed by atoms with van der Waals surface area (Å²) in [4.78, 5) is 17.3. The van der Waals surface area contributed by atoms with Gasteiger partial charge >= 0.3 is 5.97 Å². The zero-order valence-electron chi connectivity index (χ0n) is 10.6. The number of rotatable bonds is 4. The van der Waals surface area contributed by atoms with Crippen molar-refractivity contribution in [2.75, 3.05) is 0 Å². The van der Waals surface area contributed by atoms with Gasteiger partial charge < -0.3 is 5.11 Å². The van der Waals surface area contributed by atoms with Gasteiger partial charge in [0.05, 0.1) is 17.0 Å². The average Bonchev–Trinajstić information content (AvgIpc) is 3.07. The molecule has 3 nitrogen and oxygen atoms in total. The van der Waals surface area contributed by atoms with Crippen LogP contribution < -0.4 is 0 Å². The fourth-order valence-electron chi connectivity index (χ4n) is 1.85. The van der Waals surface area contributed by atoms with E-state index < -0.39 is 5.97 Å². The molecule has 0 atom stereocenters. The van der Waals surface area contributed by atoms with Gasteiger partial charge in [0, 0.05) is 21.2 Å². The second-order valence-electron chi connectivity index (χ2n) is 4.34. The molecule has 6 heteroatoms. The first-order valence-corrected chi connectivity index (χ1v) is 8.57. The normalized spacial score (nSPS) is 10.8. The number of aryl methyl sites for hydroxylation is 1.